The van der Waals surface area contributed by atoms with Gasteiger partial charge in [-0.2, -0.15) is 0 Å². The molecule has 1 heterocycles. The maximum Gasteiger partial charge on any atom is 0.408 e. The normalized spacial score (nSPS) is 14.0. The van der Waals surface area contributed by atoms with Crippen LogP contribution in [-0.2, 0) is 15.1 Å². The Balaban J connectivity index is 3.11. The molecule has 1 amide bonds. The van der Waals surface area contributed by atoms with Crippen LogP contribution in [0.5, 0.6) is 0 Å². The molecule has 0 aliphatic carbocycles. The number of carbonyl (C=O) groups excluding carboxylic acids is 2. The molecule has 0 saturated heterocycles. The van der Waals surface area contributed by atoms with Crippen molar-refractivity contribution < 1.29 is 14.3 Å². The summed E-state index contributed by atoms with van der Waals surface area (Å²) in [5.41, 5.74) is -1.24. The largest absolute Gasteiger partial charge is 0.444 e. The summed E-state index contributed by atoms with van der Waals surface area (Å²) in [7, 11) is 3.65. The van der Waals surface area contributed by atoms with E-state index < -0.39 is 17.2 Å². The van der Waals surface area contributed by atoms with Crippen molar-refractivity contribution in [2.24, 2.45) is 0 Å². The van der Waals surface area contributed by atoms with Crippen LogP contribution < -0.4 is 10.2 Å². The Kier molecular flexibility index (Phi) is 4.93. The lowest BCUT2D eigenvalue weighted by molar-refractivity contribution is -0.113. The van der Waals surface area contributed by atoms with Crippen LogP contribution in [0.4, 0.5) is 10.6 Å². The van der Waals surface area contributed by atoms with Crippen molar-refractivity contribution in [2.45, 2.75) is 38.8 Å². The van der Waals surface area contributed by atoms with Crippen molar-refractivity contribution in [3.8, 4) is 0 Å². The third-order valence-corrected chi connectivity index (χ3v) is 2.77. The second kappa shape index (κ2) is 6.11. The van der Waals surface area contributed by atoms with Crippen LogP contribution in [-0.4, -0.2) is 37.1 Å². The number of anilines is 1. The molecule has 1 rings (SSSR count). The first-order valence-electron chi connectivity index (χ1n) is 6.69. The topological polar surface area (TPSA) is 71.5 Å². The highest BCUT2D eigenvalue weighted by Crippen LogP contribution is 2.26. The molecule has 21 heavy (non-hydrogen) atoms. The highest BCUT2D eigenvalue weighted by molar-refractivity contribution is 5.79. The van der Waals surface area contributed by atoms with E-state index in [2.05, 4.69) is 10.3 Å². The summed E-state index contributed by atoms with van der Waals surface area (Å²) >= 11 is 0. The van der Waals surface area contributed by atoms with Gasteiger partial charge in [-0.15, -0.1) is 0 Å². The zero-order valence-electron chi connectivity index (χ0n) is 13.4. The second-order valence-corrected chi connectivity index (χ2v) is 6.22. The maximum absolute atomic E-state index is 12.0. The number of amides is 1. The minimum Gasteiger partial charge on any atom is -0.444 e. The fraction of sp³-hybridized carbons (Fsp3) is 0.533. The lowest BCUT2D eigenvalue weighted by Crippen LogP contribution is -2.47. The van der Waals surface area contributed by atoms with Gasteiger partial charge in [0.15, 0.2) is 0 Å². The Morgan fingerprint density at radius 1 is 1.33 bits per heavy atom. The van der Waals surface area contributed by atoms with Crippen molar-refractivity contribution in [1.82, 2.24) is 10.3 Å². The van der Waals surface area contributed by atoms with E-state index in [4.69, 9.17) is 4.74 Å². The van der Waals surface area contributed by atoms with Crippen LogP contribution in [0.2, 0.25) is 0 Å². The second-order valence-electron chi connectivity index (χ2n) is 6.22. The standard InChI is InChI=1S/C15H23N3O3/c1-14(2,3)21-13(20)17-15(4,10-19)11-8-7-9-16-12(11)18(5)6/h7-10H,1-6H3,(H,17,20). The number of carbonyl (C=O) groups is 2. The van der Waals surface area contributed by atoms with Crippen molar-refractivity contribution in [3.63, 3.8) is 0 Å². The average molecular weight is 293 g/mol. The Bertz CT molecular complexity index is 523. The minimum atomic E-state index is -1.21. The van der Waals surface area contributed by atoms with Crippen LogP contribution in [0, 0.1) is 0 Å². The van der Waals surface area contributed by atoms with Crippen LogP contribution in [0.1, 0.15) is 33.3 Å². The molecule has 0 aliphatic heterocycles. The lowest BCUT2D eigenvalue weighted by Gasteiger charge is -2.30. The SMILES string of the molecule is CN(C)c1ncccc1C(C)(C=O)NC(=O)OC(C)(C)C. The van der Waals surface area contributed by atoms with Gasteiger partial charge >= 0.3 is 6.09 Å². The number of aromatic nitrogens is 1. The molecule has 1 aromatic rings. The highest BCUT2D eigenvalue weighted by atomic mass is 16.6. The Morgan fingerprint density at radius 2 is 1.95 bits per heavy atom. The van der Waals surface area contributed by atoms with Gasteiger partial charge in [0.2, 0.25) is 0 Å². The average Bonchev–Trinajstić information content (AvgIpc) is 2.36. The number of hydrogen-bond acceptors (Lipinski definition) is 5. The molecule has 0 aromatic carbocycles. The van der Waals surface area contributed by atoms with E-state index in [0.717, 1.165) is 0 Å². The number of pyridine rings is 1. The molecular weight excluding hydrogens is 270 g/mol. The first-order valence-corrected chi connectivity index (χ1v) is 6.69. The number of nitrogens with zero attached hydrogens (tertiary/aromatic N) is 2. The lowest BCUT2D eigenvalue weighted by atomic mass is 9.94. The molecule has 0 saturated carbocycles. The number of alkyl carbamates (subject to hydrolysis) is 1. The molecule has 0 spiro atoms. The van der Waals surface area contributed by atoms with E-state index >= 15 is 0 Å². The van der Waals surface area contributed by atoms with E-state index in [1.165, 1.54) is 0 Å². The summed E-state index contributed by atoms with van der Waals surface area (Å²) in [4.78, 5) is 29.6. The van der Waals surface area contributed by atoms with Gasteiger partial charge in [-0.05, 0) is 33.8 Å². The summed E-state index contributed by atoms with van der Waals surface area (Å²) in [5.74, 6) is 0.614. The van der Waals surface area contributed by atoms with Crippen LogP contribution >= 0.6 is 0 Å². The summed E-state index contributed by atoms with van der Waals surface area (Å²) in [5, 5.41) is 2.62. The van der Waals surface area contributed by atoms with Crippen LogP contribution in [0.15, 0.2) is 18.3 Å². The molecule has 0 radical (unpaired) electrons. The van der Waals surface area contributed by atoms with E-state index in [1.807, 2.05) is 14.1 Å². The number of ether oxygens (including phenoxy) is 1. The Hall–Kier alpha value is -2.11. The Morgan fingerprint density at radius 3 is 2.43 bits per heavy atom. The van der Waals surface area contributed by atoms with Gasteiger partial charge < -0.3 is 19.7 Å². The number of rotatable bonds is 4. The molecule has 6 nitrogen and oxygen atoms in total. The Labute approximate surface area is 125 Å². The summed E-state index contributed by atoms with van der Waals surface area (Å²) in [6, 6.07) is 3.48. The summed E-state index contributed by atoms with van der Waals surface area (Å²) in [6.07, 6.45) is 1.67. The molecule has 0 fully saturated rings. The first kappa shape index (κ1) is 16.9. The molecule has 116 valence electrons. The van der Waals surface area contributed by atoms with E-state index in [-0.39, 0.29) is 0 Å². The quantitative estimate of drug-likeness (QED) is 0.861. The number of aldehydes is 1. The van der Waals surface area contributed by atoms with Gasteiger partial charge in [0.05, 0.1) is 0 Å². The van der Waals surface area contributed by atoms with Crippen LogP contribution in [0.25, 0.3) is 0 Å². The summed E-state index contributed by atoms with van der Waals surface area (Å²) in [6.45, 7) is 6.91. The molecular formula is C15H23N3O3. The fourth-order valence-corrected chi connectivity index (χ4v) is 1.83. The van der Waals surface area contributed by atoms with E-state index in [1.54, 1.807) is 50.9 Å². The van der Waals surface area contributed by atoms with E-state index in [0.29, 0.717) is 17.7 Å². The molecule has 6 heteroatoms. The van der Waals surface area contributed by atoms with Gasteiger partial charge in [-0.3, -0.25) is 0 Å². The van der Waals surface area contributed by atoms with Gasteiger partial charge in [-0.1, -0.05) is 6.07 Å². The van der Waals surface area contributed by atoms with Gasteiger partial charge in [0, 0.05) is 25.9 Å². The number of hydrogen-bond donors (Lipinski definition) is 1. The summed E-state index contributed by atoms with van der Waals surface area (Å²) < 4.78 is 5.21. The minimum absolute atomic E-state index is 0.607. The predicted molar refractivity (Wildman–Crippen MR) is 81.3 cm³/mol. The maximum atomic E-state index is 12.0. The van der Waals surface area contributed by atoms with Crippen molar-refractivity contribution in [3.05, 3.63) is 23.9 Å². The number of nitrogens with one attached hydrogen (secondary N) is 1. The predicted octanol–water partition coefficient (Wildman–Crippen LogP) is 2.09. The van der Waals surface area contributed by atoms with E-state index in [9.17, 15) is 9.59 Å². The van der Waals surface area contributed by atoms with Crippen molar-refractivity contribution in [1.29, 1.82) is 0 Å². The fourth-order valence-electron chi connectivity index (χ4n) is 1.83. The third-order valence-electron chi connectivity index (χ3n) is 2.77. The monoisotopic (exact) mass is 293 g/mol. The highest BCUT2D eigenvalue weighted by Gasteiger charge is 2.33. The zero-order valence-corrected chi connectivity index (χ0v) is 13.4. The van der Waals surface area contributed by atoms with Crippen molar-refractivity contribution in [2.75, 3.05) is 19.0 Å². The third kappa shape index (κ3) is 4.44. The molecule has 0 bridgehead atoms. The first-order chi connectivity index (χ1) is 9.59. The smallest absolute Gasteiger partial charge is 0.408 e. The van der Waals surface area contributed by atoms with Crippen LogP contribution in [0.3, 0.4) is 0 Å². The van der Waals surface area contributed by atoms with Gasteiger partial charge in [0.25, 0.3) is 0 Å². The molecule has 1 unspecified atom stereocenters. The van der Waals surface area contributed by atoms with Gasteiger partial charge in [0.1, 0.15) is 23.2 Å². The zero-order chi connectivity index (χ0) is 16.3. The molecule has 1 N–H and O–H groups in total. The van der Waals surface area contributed by atoms with Crippen molar-refractivity contribution >= 4 is 18.2 Å². The van der Waals surface area contributed by atoms with Gasteiger partial charge in [-0.25, -0.2) is 9.78 Å². The molecule has 1 aromatic heterocycles. The molecule has 0 aliphatic rings. The molecule has 1 atom stereocenters.